The number of carbonyl (C=O) groups is 1. The molecule has 0 spiro atoms. The molecule has 47 heavy (non-hydrogen) atoms. The second kappa shape index (κ2) is 12.1. The maximum Gasteiger partial charge on any atom is 0.439 e. The predicted octanol–water partition coefficient (Wildman–Crippen LogP) is 5.95. The number of nitrogens with zero attached hydrogens (tertiary/aromatic N) is 7. The van der Waals surface area contributed by atoms with E-state index in [2.05, 4.69) is 38.1 Å². The van der Waals surface area contributed by atoms with Gasteiger partial charge in [-0.15, -0.1) is 6.58 Å². The Labute approximate surface area is 275 Å². The lowest BCUT2D eigenvalue weighted by Crippen LogP contribution is -2.59. The van der Waals surface area contributed by atoms with E-state index in [-0.39, 0.29) is 31.0 Å². The lowest BCUT2D eigenvalue weighted by molar-refractivity contribution is -0.136. The highest BCUT2D eigenvalue weighted by atomic mass is 35.5. The molecule has 5 heterocycles. The highest BCUT2D eigenvalue weighted by molar-refractivity contribution is 6.30. The first-order valence-corrected chi connectivity index (χ1v) is 16.6. The number of fused-ring (bicyclic) bond motifs is 1. The Morgan fingerprint density at radius 2 is 1.91 bits per heavy atom. The summed E-state index contributed by atoms with van der Waals surface area (Å²) < 4.78 is 34.7. The molecule has 14 heteroatoms. The monoisotopic (exact) mass is 666 g/mol. The quantitative estimate of drug-likeness (QED) is 0.229. The first-order chi connectivity index (χ1) is 22.6. The smallest absolute Gasteiger partial charge is 0.338 e. The van der Waals surface area contributed by atoms with E-state index in [0.717, 1.165) is 37.1 Å². The molecule has 248 valence electrons. The average molecular weight is 667 g/mol. The van der Waals surface area contributed by atoms with E-state index in [1.54, 1.807) is 35.5 Å². The number of hydrogen-bond donors (Lipinski definition) is 1. The van der Waals surface area contributed by atoms with E-state index in [0.29, 0.717) is 45.9 Å². The lowest BCUT2D eigenvalue weighted by Gasteiger charge is -2.45. The molecule has 0 bridgehead atoms. The van der Waals surface area contributed by atoms with Crippen molar-refractivity contribution in [2.75, 3.05) is 18.0 Å². The maximum absolute atomic E-state index is 13.9. The van der Waals surface area contributed by atoms with E-state index < -0.39 is 29.9 Å². The molecule has 0 aromatic carbocycles. The molecule has 4 aromatic rings. The molecule has 0 radical (unpaired) electrons. The SMILES string of the molecule is C=CC1CN(C(=O)C2CC2(F)F)CC(C)N1c1nc2cc(-c3noc(=O)[nH]3)nc(-c3cncc(Cl)c3)c2n1CC1CCC(CC)CC1. The van der Waals surface area contributed by atoms with E-state index >= 15 is 0 Å². The summed E-state index contributed by atoms with van der Waals surface area (Å²) in [6, 6.07) is 2.91. The van der Waals surface area contributed by atoms with Gasteiger partial charge >= 0.3 is 5.76 Å². The number of imidazole rings is 1. The van der Waals surface area contributed by atoms with Crippen molar-refractivity contribution in [3.63, 3.8) is 0 Å². The zero-order valence-corrected chi connectivity index (χ0v) is 27.1. The van der Waals surface area contributed by atoms with Gasteiger partial charge in [0.05, 0.1) is 27.8 Å². The van der Waals surface area contributed by atoms with Crippen LogP contribution in [0.3, 0.4) is 0 Å². The third kappa shape index (κ3) is 5.94. The van der Waals surface area contributed by atoms with Crippen LogP contribution in [-0.2, 0) is 11.3 Å². The number of hydrogen-bond acceptors (Lipinski definition) is 8. The molecule has 1 aliphatic heterocycles. The molecule has 1 N–H and O–H groups in total. The third-order valence-corrected chi connectivity index (χ3v) is 10.2. The van der Waals surface area contributed by atoms with Gasteiger partial charge in [-0.25, -0.2) is 23.5 Å². The number of halogens is 3. The number of nitrogens with one attached hydrogen (secondary N) is 1. The Morgan fingerprint density at radius 1 is 1.17 bits per heavy atom. The van der Waals surface area contributed by atoms with Crippen molar-refractivity contribution in [1.29, 1.82) is 0 Å². The first kappa shape index (κ1) is 31.5. The fourth-order valence-corrected chi connectivity index (χ4v) is 7.51. The van der Waals surface area contributed by atoms with E-state index in [4.69, 9.17) is 26.1 Å². The van der Waals surface area contributed by atoms with Crippen molar-refractivity contribution < 1.29 is 18.1 Å². The number of pyridine rings is 2. The zero-order chi connectivity index (χ0) is 33.0. The second-order valence-electron chi connectivity index (χ2n) is 13.2. The van der Waals surface area contributed by atoms with Crippen LogP contribution in [0.15, 0.2) is 46.5 Å². The summed E-state index contributed by atoms with van der Waals surface area (Å²) in [6.07, 6.45) is 10.2. The number of rotatable bonds is 8. The van der Waals surface area contributed by atoms with Crippen LogP contribution in [0.1, 0.15) is 52.4 Å². The number of alkyl halides is 2. The summed E-state index contributed by atoms with van der Waals surface area (Å²) in [4.78, 5) is 45.7. The first-order valence-electron chi connectivity index (χ1n) is 16.2. The fraction of sp³-hybridized carbons (Fsp3) is 0.515. The van der Waals surface area contributed by atoms with Crippen LogP contribution < -0.4 is 10.7 Å². The molecule has 3 fully saturated rings. The van der Waals surface area contributed by atoms with Crippen LogP contribution in [0.2, 0.25) is 5.02 Å². The summed E-state index contributed by atoms with van der Waals surface area (Å²) in [5, 5.41) is 4.30. The largest absolute Gasteiger partial charge is 0.439 e. The van der Waals surface area contributed by atoms with Gasteiger partial charge in [-0.2, -0.15) is 0 Å². The van der Waals surface area contributed by atoms with Crippen molar-refractivity contribution in [1.82, 2.24) is 34.6 Å². The number of aromatic amines is 1. The molecule has 3 aliphatic rings. The Bertz CT molecular complexity index is 1880. The minimum atomic E-state index is -2.93. The van der Waals surface area contributed by atoms with Gasteiger partial charge < -0.3 is 14.4 Å². The van der Waals surface area contributed by atoms with Gasteiger partial charge in [0.15, 0.2) is 0 Å². The van der Waals surface area contributed by atoms with Crippen molar-refractivity contribution in [3.05, 3.63) is 52.8 Å². The van der Waals surface area contributed by atoms with Crippen LogP contribution in [0.4, 0.5) is 14.7 Å². The summed E-state index contributed by atoms with van der Waals surface area (Å²) in [7, 11) is 0. The summed E-state index contributed by atoms with van der Waals surface area (Å²) in [5.74, 6) is -3.47. The average Bonchev–Trinajstić information content (AvgIpc) is 3.32. The van der Waals surface area contributed by atoms with Crippen LogP contribution in [0.25, 0.3) is 33.8 Å². The highest BCUT2D eigenvalue weighted by Crippen LogP contribution is 2.50. The second-order valence-corrected chi connectivity index (χ2v) is 13.6. The van der Waals surface area contributed by atoms with Crippen molar-refractivity contribution >= 4 is 34.5 Å². The van der Waals surface area contributed by atoms with Gasteiger partial charge in [0, 0.05) is 50.1 Å². The molecule has 3 atom stereocenters. The molecular formula is C33H37ClF2N8O3. The third-order valence-electron chi connectivity index (χ3n) is 10.0. The number of anilines is 1. The van der Waals surface area contributed by atoms with Crippen LogP contribution >= 0.6 is 11.6 Å². The normalized spacial score (nSPS) is 25.7. The van der Waals surface area contributed by atoms with Crippen LogP contribution in [0, 0.1) is 17.8 Å². The van der Waals surface area contributed by atoms with Gasteiger partial charge in [-0.05, 0) is 43.7 Å². The number of piperazine rings is 1. The van der Waals surface area contributed by atoms with Crippen LogP contribution in [-0.4, -0.2) is 71.6 Å². The number of amides is 1. The molecule has 2 saturated carbocycles. The topological polar surface area (TPSA) is 126 Å². The van der Waals surface area contributed by atoms with Crippen molar-refractivity contribution in [3.8, 4) is 22.8 Å². The summed E-state index contributed by atoms with van der Waals surface area (Å²) >= 11 is 6.41. The highest BCUT2D eigenvalue weighted by Gasteiger charge is 2.62. The minimum absolute atomic E-state index is 0.156. The molecule has 3 unspecified atom stereocenters. The van der Waals surface area contributed by atoms with E-state index in [9.17, 15) is 18.4 Å². The van der Waals surface area contributed by atoms with Crippen molar-refractivity contribution in [2.45, 2.75) is 76.9 Å². The summed E-state index contributed by atoms with van der Waals surface area (Å²) in [6.45, 7) is 9.46. The molecule has 1 amide bonds. The van der Waals surface area contributed by atoms with Gasteiger partial charge in [0.1, 0.15) is 11.6 Å². The number of H-pyrrole nitrogens is 1. The maximum atomic E-state index is 13.9. The zero-order valence-electron chi connectivity index (χ0n) is 26.3. The predicted molar refractivity (Wildman–Crippen MR) is 173 cm³/mol. The molecular weight excluding hydrogens is 630 g/mol. The van der Waals surface area contributed by atoms with Gasteiger partial charge in [-0.3, -0.25) is 19.3 Å². The van der Waals surface area contributed by atoms with Gasteiger partial charge in [-0.1, -0.05) is 49.0 Å². The fourth-order valence-electron chi connectivity index (χ4n) is 7.34. The number of aromatic nitrogens is 6. The van der Waals surface area contributed by atoms with Gasteiger partial charge in [0.2, 0.25) is 17.7 Å². The minimum Gasteiger partial charge on any atom is -0.338 e. The Balaban J connectivity index is 1.37. The number of carbonyl (C=O) groups excluding carboxylic acids is 1. The van der Waals surface area contributed by atoms with Crippen LogP contribution in [0.5, 0.6) is 0 Å². The molecule has 7 rings (SSSR count). The molecule has 1 saturated heterocycles. The van der Waals surface area contributed by atoms with E-state index in [1.165, 1.54) is 6.42 Å². The van der Waals surface area contributed by atoms with E-state index in [1.807, 2.05) is 6.92 Å². The summed E-state index contributed by atoms with van der Waals surface area (Å²) in [5.41, 5.74) is 2.95. The van der Waals surface area contributed by atoms with Gasteiger partial charge in [0.25, 0.3) is 5.92 Å². The molecule has 11 nitrogen and oxygen atoms in total. The Hall–Kier alpha value is -4.13. The lowest BCUT2D eigenvalue weighted by atomic mass is 9.81. The molecule has 4 aromatic heterocycles. The van der Waals surface area contributed by atoms with Crippen molar-refractivity contribution in [2.24, 2.45) is 17.8 Å². The standard InChI is InChI=1S/C33H37ClF2N8O3/c1-4-19-6-8-20(9-7-19)16-43-28-25(11-26(29-40-32(46)47-41-29)38-27(28)21-10-22(34)14-37-13-21)39-31(43)44-18(3)15-42(17-23(44)5-2)30(45)24-12-33(24,35)36/h5,10-11,13-14,18-20,23-24H,2,4,6-9,12,15-17H2,1,3H3,(H,40,41,46). The Morgan fingerprint density at radius 3 is 2.55 bits per heavy atom. The molecule has 2 aliphatic carbocycles. The Kier molecular flexibility index (Phi) is 8.13.